The van der Waals surface area contributed by atoms with Crippen molar-refractivity contribution in [2.24, 2.45) is 0 Å². The summed E-state index contributed by atoms with van der Waals surface area (Å²) in [6.45, 7) is 0. The Morgan fingerprint density at radius 3 is 0.719 bits per heavy atom. The summed E-state index contributed by atoms with van der Waals surface area (Å²) in [5.74, 6) is 0. The molecule has 0 atom stereocenters. The van der Waals surface area contributed by atoms with E-state index in [0.29, 0.717) is 0 Å². The largest absolute Gasteiger partial charge is 0.309 e. The molecule has 0 aliphatic rings. The normalized spacial score (nSPS) is 11.8. The maximum atomic E-state index is 15.2. The van der Waals surface area contributed by atoms with Crippen LogP contribution in [0, 0.1) is 0 Å². The Morgan fingerprint density at radius 2 is 0.381 bits per heavy atom. The van der Waals surface area contributed by atoms with Gasteiger partial charge in [0.1, 0.15) is 5.01 Å². The Kier molecular flexibility index (Phi) is 21.3. The molecule has 652 valence electrons. The van der Waals surface area contributed by atoms with Crippen LogP contribution in [-0.4, -0.2) is 19.9 Å². The molecule has 0 N–H and O–H groups in total. The predicted molar refractivity (Wildman–Crippen MR) is 593 cm³/mol. The van der Waals surface area contributed by atoms with E-state index in [1.54, 1.807) is 11.3 Å². The Balaban J connectivity index is 0.000000110. The minimum atomic E-state index is -3.12. The minimum Gasteiger partial charge on any atom is -0.309 e. The number of aromatic nitrogens is 4. The van der Waals surface area contributed by atoms with Crippen LogP contribution in [0.15, 0.2) is 510 Å². The van der Waals surface area contributed by atoms with Crippen LogP contribution in [0.1, 0.15) is 0 Å². The molecule has 4 aromatic heterocycles. The van der Waals surface area contributed by atoms with E-state index >= 15 is 4.57 Å². The fourth-order valence-corrected chi connectivity index (χ4v) is 27.3. The van der Waals surface area contributed by atoms with Gasteiger partial charge in [-0.3, -0.25) is 0 Å². The van der Waals surface area contributed by atoms with Gasteiger partial charge in [-0.2, -0.15) is 0 Å². The van der Waals surface area contributed by atoms with Crippen molar-refractivity contribution < 1.29 is 9.13 Å². The predicted octanol–water partition coefficient (Wildman–Crippen LogP) is 32.6. The average Bonchev–Trinajstić information content (AvgIpc) is 1.03. The van der Waals surface area contributed by atoms with Crippen molar-refractivity contribution in [3.05, 3.63) is 510 Å². The van der Waals surface area contributed by atoms with Gasteiger partial charge in [-0.1, -0.05) is 455 Å². The van der Waals surface area contributed by atoms with Crippen LogP contribution in [0.5, 0.6) is 0 Å². The van der Waals surface area contributed by atoms with E-state index in [4.69, 9.17) is 19.9 Å². The van der Waals surface area contributed by atoms with Crippen molar-refractivity contribution in [2.75, 3.05) is 0 Å². The highest BCUT2D eigenvalue weighted by Crippen LogP contribution is 2.51. The van der Waals surface area contributed by atoms with Gasteiger partial charge in [0.2, 0.25) is 0 Å². The summed E-state index contributed by atoms with van der Waals surface area (Å²) in [7, 11) is -6.17. The molecule has 4 heterocycles. The highest BCUT2D eigenvalue weighted by molar-refractivity contribution is 7.85. The first-order chi connectivity index (χ1) is 68.7. The summed E-state index contributed by atoms with van der Waals surface area (Å²) in [5, 5.41) is 31.6. The first-order valence-corrected chi connectivity index (χ1v) is 51.2. The summed E-state index contributed by atoms with van der Waals surface area (Å²) in [6.07, 6.45) is 0. The fraction of sp³-hybridized carbons (Fsp3) is 0. The monoisotopic (exact) mass is 1830 g/mol. The number of para-hydroxylation sites is 4. The van der Waals surface area contributed by atoms with Crippen molar-refractivity contribution in [1.82, 2.24) is 19.9 Å². The molecule has 0 bridgehead atoms. The number of hydrogen-bond acceptors (Lipinski definition) is 7. The van der Waals surface area contributed by atoms with E-state index in [-0.39, 0.29) is 0 Å². The number of rotatable bonds is 13. The topological polar surface area (TPSA) is 85.7 Å². The van der Waals surface area contributed by atoms with Gasteiger partial charge in [-0.05, 0) is 153 Å². The molecule has 27 aromatic rings. The second-order valence-electron chi connectivity index (χ2n) is 35.4. The minimum absolute atomic E-state index is 0.814. The molecule has 23 aromatic carbocycles. The smallest absolute Gasteiger partial charge is 0.171 e. The molecular formula is C130H84N4O2P2S. The average molecular weight is 1830 g/mol. The van der Waals surface area contributed by atoms with E-state index in [9.17, 15) is 4.57 Å². The number of hydrogen-bond donors (Lipinski definition) is 0. The van der Waals surface area contributed by atoms with Crippen LogP contribution in [0.2, 0.25) is 0 Å². The van der Waals surface area contributed by atoms with Gasteiger partial charge in [0, 0.05) is 103 Å². The lowest BCUT2D eigenvalue weighted by atomic mass is 9.89. The molecule has 9 heteroatoms. The number of fused-ring (bicyclic) bond motifs is 25. The number of pyridine rings is 3. The molecule has 0 radical (unpaired) electrons. The number of benzene rings is 23. The fourth-order valence-electron chi connectivity index (χ4n) is 21.0. The van der Waals surface area contributed by atoms with Crippen molar-refractivity contribution in [3.8, 4) is 77.7 Å². The lowest BCUT2D eigenvalue weighted by Crippen LogP contribution is -2.25. The molecule has 0 aliphatic carbocycles. The highest BCUT2D eigenvalue weighted by atomic mass is 32.1. The first kappa shape index (κ1) is 83.8. The summed E-state index contributed by atoms with van der Waals surface area (Å²) in [5.41, 5.74) is 17.9. The highest BCUT2D eigenvalue weighted by Gasteiger charge is 2.33. The van der Waals surface area contributed by atoms with Crippen molar-refractivity contribution >= 4 is 197 Å². The molecular weight excluding hydrogens is 1740 g/mol. The van der Waals surface area contributed by atoms with Crippen LogP contribution in [0.3, 0.4) is 0 Å². The van der Waals surface area contributed by atoms with Gasteiger partial charge in [0.15, 0.2) is 14.3 Å². The van der Waals surface area contributed by atoms with Crippen LogP contribution >= 0.6 is 25.6 Å². The third-order valence-corrected chi connectivity index (χ3v) is 34.7. The van der Waals surface area contributed by atoms with E-state index in [2.05, 4.69) is 358 Å². The number of thiazole rings is 1. The van der Waals surface area contributed by atoms with E-state index < -0.39 is 14.3 Å². The van der Waals surface area contributed by atoms with Gasteiger partial charge < -0.3 is 9.13 Å². The molecule has 0 fully saturated rings. The second kappa shape index (κ2) is 35.3. The third kappa shape index (κ3) is 14.7. The molecule has 27 rings (SSSR count). The second-order valence-corrected chi connectivity index (χ2v) is 42.0. The standard InChI is InChI=1S/2C45H30NOP.C40H24N2S/c47-48(34-18-3-1-4-19-34,35-20-5-2-6-21-35)36-22-14-16-32(30-36)31-15-13-17-33(29-31)45-44-40-26-10-8-24-38(40)37-23-7-9-25-39(37)43(44)41-27-11-12-28-42(41)46-45;47-48(34-16-3-1-4-17-34,35-18-5-2-6-19-35)36-28-26-31(27-29-36)32-14-13-15-33(30-32)45-44-40-23-10-8-21-38(40)37-20-7-9-22-39(37)43(44)41-24-11-12-25-42(41)46-45;1-3-14-31-29(12-1)30-13-2-4-15-32(30)38-37(31)33-16-5-6-17-34(33)41-39(38)28-11-9-10-27(24-28)25-20-22-26(23-21-25)40-42-35-18-7-8-19-36(35)43-40/h2*1-30H;1-24H. The van der Waals surface area contributed by atoms with E-state index in [1.807, 2.05) is 152 Å². The SMILES string of the molecule is O=P(c1ccccc1)(c1ccccc1)c1ccc(-c2cccc(-c3nc4ccccc4c4c5ccccc5c5ccccc5c34)c2)cc1.O=P(c1ccccc1)(c1ccccc1)c1cccc(-c2cccc(-c3nc4ccccc4c4c5ccccc5c5ccccc5c34)c2)c1.c1cc(-c2ccc(-c3nc4ccccc4s3)cc2)cc(-c2nc3ccccc3c3c4ccccc4c4ccccc4c23)c1. The first-order valence-electron chi connectivity index (χ1n) is 47.0. The Bertz CT molecular complexity index is 9540. The quantitative estimate of drug-likeness (QED) is 0.0844. The maximum Gasteiger partial charge on any atom is 0.171 e. The van der Waals surface area contributed by atoms with Crippen LogP contribution in [-0.2, 0) is 9.13 Å². The van der Waals surface area contributed by atoms with Crippen molar-refractivity contribution in [2.45, 2.75) is 0 Å². The lowest BCUT2D eigenvalue weighted by molar-refractivity contribution is 0.591. The zero-order valence-corrected chi connectivity index (χ0v) is 78.0. The van der Waals surface area contributed by atoms with E-state index in [0.717, 1.165) is 137 Å². The zero-order chi connectivity index (χ0) is 92.5. The third-order valence-electron chi connectivity index (χ3n) is 27.5. The molecule has 0 saturated heterocycles. The molecule has 0 unspecified atom stereocenters. The van der Waals surface area contributed by atoms with Gasteiger partial charge in [-0.15, -0.1) is 11.3 Å². The summed E-state index contributed by atoms with van der Waals surface area (Å²) in [4.78, 5) is 20.9. The Hall–Kier alpha value is -17.0. The molecule has 0 spiro atoms. The van der Waals surface area contributed by atoms with Crippen LogP contribution < -0.4 is 31.8 Å². The molecule has 0 saturated carbocycles. The van der Waals surface area contributed by atoms with Gasteiger partial charge >= 0.3 is 0 Å². The lowest BCUT2D eigenvalue weighted by Gasteiger charge is -2.21. The molecule has 6 nitrogen and oxygen atoms in total. The van der Waals surface area contributed by atoms with Gasteiger partial charge in [-0.25, -0.2) is 19.9 Å². The van der Waals surface area contributed by atoms with Gasteiger partial charge in [0.05, 0.1) is 43.8 Å². The van der Waals surface area contributed by atoms with Crippen LogP contribution in [0.25, 0.3) is 218 Å². The Labute approximate surface area is 807 Å². The maximum absolute atomic E-state index is 15.2. The van der Waals surface area contributed by atoms with Gasteiger partial charge in [0.25, 0.3) is 0 Å². The van der Waals surface area contributed by atoms with E-state index in [1.165, 1.54) is 113 Å². The number of nitrogens with zero attached hydrogens (tertiary/aromatic N) is 4. The summed E-state index contributed by atoms with van der Waals surface area (Å²) >= 11 is 1.74. The van der Waals surface area contributed by atoms with Crippen molar-refractivity contribution in [1.29, 1.82) is 0 Å². The summed E-state index contributed by atoms with van der Waals surface area (Å²) in [6, 6.07) is 177. The van der Waals surface area contributed by atoms with Crippen LogP contribution in [0.4, 0.5) is 0 Å². The molecule has 139 heavy (non-hydrogen) atoms. The zero-order valence-electron chi connectivity index (χ0n) is 75.4. The van der Waals surface area contributed by atoms with Crippen molar-refractivity contribution in [3.63, 3.8) is 0 Å². The molecule has 0 aliphatic heterocycles. The Morgan fingerprint density at radius 1 is 0.151 bits per heavy atom. The molecule has 0 amide bonds. The summed E-state index contributed by atoms with van der Waals surface area (Å²) < 4.78 is 31.3.